The fourth-order valence-corrected chi connectivity index (χ4v) is 1.90. The molecular weight excluding hydrogens is 231 g/mol. The van der Waals surface area contributed by atoms with Crippen LogP contribution in [0.2, 0.25) is 0 Å². The van der Waals surface area contributed by atoms with Crippen LogP contribution in [0.5, 0.6) is 0 Å². The van der Waals surface area contributed by atoms with Crippen LogP contribution in [0.3, 0.4) is 0 Å². The van der Waals surface area contributed by atoms with Crippen LogP contribution in [0, 0.1) is 12.7 Å². The average Bonchev–Trinajstić information content (AvgIpc) is 2.29. The highest BCUT2D eigenvalue weighted by molar-refractivity contribution is 5.94. The molecule has 1 N–H and O–H groups in total. The summed E-state index contributed by atoms with van der Waals surface area (Å²) in [5.74, 6) is -0.316. The van der Waals surface area contributed by atoms with Gasteiger partial charge in [-0.2, -0.15) is 0 Å². The Morgan fingerprint density at radius 2 is 2.22 bits per heavy atom. The highest BCUT2D eigenvalue weighted by Crippen LogP contribution is 2.19. The number of likely N-dealkylation sites (N-methyl/N-ethyl adjacent to an activating group) is 1. The minimum absolute atomic E-state index is 0.0369. The van der Waals surface area contributed by atoms with E-state index in [2.05, 4.69) is 5.32 Å². The molecule has 0 saturated heterocycles. The molecule has 1 aromatic carbocycles. The number of anilines is 1. The van der Waals surface area contributed by atoms with Gasteiger partial charge < -0.3 is 10.2 Å². The molecule has 1 aromatic rings. The second kappa shape index (κ2) is 5.48. The van der Waals surface area contributed by atoms with Gasteiger partial charge in [0.1, 0.15) is 5.82 Å². The lowest BCUT2D eigenvalue weighted by atomic mass is 9.93. The number of amides is 1. The number of benzene rings is 1. The molecule has 0 aliphatic heterocycles. The topological polar surface area (TPSA) is 32.3 Å². The van der Waals surface area contributed by atoms with Crippen LogP contribution in [-0.2, 0) is 4.79 Å². The monoisotopic (exact) mass is 250 g/mol. The Hall–Kier alpha value is -1.42. The molecule has 0 bridgehead atoms. The first-order valence-electron chi connectivity index (χ1n) is 6.34. The molecule has 0 radical (unpaired) electrons. The fourth-order valence-electron chi connectivity index (χ4n) is 1.90. The van der Waals surface area contributed by atoms with Crippen molar-refractivity contribution in [3.05, 3.63) is 29.6 Å². The number of rotatable bonds is 4. The smallest absolute Gasteiger partial charge is 0.240 e. The van der Waals surface area contributed by atoms with E-state index in [1.807, 2.05) is 0 Å². The molecule has 98 valence electrons. The minimum atomic E-state index is -0.279. The summed E-state index contributed by atoms with van der Waals surface area (Å²) >= 11 is 0. The molecule has 0 atom stereocenters. The van der Waals surface area contributed by atoms with Gasteiger partial charge in [0.2, 0.25) is 5.91 Å². The van der Waals surface area contributed by atoms with Gasteiger partial charge in [-0.3, -0.25) is 4.79 Å². The Bertz CT molecular complexity index is 443. The van der Waals surface area contributed by atoms with E-state index >= 15 is 0 Å². The zero-order valence-corrected chi connectivity index (χ0v) is 10.9. The van der Waals surface area contributed by atoms with Crippen molar-refractivity contribution >= 4 is 11.6 Å². The summed E-state index contributed by atoms with van der Waals surface area (Å²) in [5.41, 5.74) is 1.19. The standard InChI is InChI=1S/C14H19FN2O/c1-10-6-7-12(8-13(10)15)17(2)14(18)9-16-11-4-3-5-11/h6-8,11,16H,3-5,9H2,1-2H3. The van der Waals surface area contributed by atoms with Gasteiger partial charge in [0.25, 0.3) is 0 Å². The molecule has 0 unspecified atom stereocenters. The van der Waals surface area contributed by atoms with Gasteiger partial charge in [-0.15, -0.1) is 0 Å². The summed E-state index contributed by atoms with van der Waals surface area (Å²) in [5, 5.41) is 3.21. The molecule has 4 heteroatoms. The van der Waals surface area contributed by atoms with E-state index in [0.29, 0.717) is 23.8 Å². The maximum atomic E-state index is 13.4. The highest BCUT2D eigenvalue weighted by atomic mass is 19.1. The van der Waals surface area contributed by atoms with Crippen LogP contribution < -0.4 is 10.2 Å². The summed E-state index contributed by atoms with van der Waals surface area (Å²) in [4.78, 5) is 13.4. The molecule has 1 aliphatic carbocycles. The molecule has 3 nitrogen and oxygen atoms in total. The maximum Gasteiger partial charge on any atom is 0.240 e. The predicted octanol–water partition coefficient (Wildman–Crippen LogP) is 2.24. The largest absolute Gasteiger partial charge is 0.314 e. The number of hydrogen-bond donors (Lipinski definition) is 1. The van der Waals surface area contributed by atoms with Crippen LogP contribution >= 0.6 is 0 Å². The van der Waals surface area contributed by atoms with Gasteiger partial charge in [0.15, 0.2) is 0 Å². The third-order valence-electron chi connectivity index (χ3n) is 3.56. The first-order valence-corrected chi connectivity index (χ1v) is 6.34. The van der Waals surface area contributed by atoms with Crippen molar-refractivity contribution in [1.82, 2.24) is 5.32 Å². The number of nitrogens with one attached hydrogen (secondary N) is 1. The Balaban J connectivity index is 1.93. The predicted molar refractivity (Wildman–Crippen MR) is 70.2 cm³/mol. The van der Waals surface area contributed by atoms with Crippen molar-refractivity contribution in [1.29, 1.82) is 0 Å². The van der Waals surface area contributed by atoms with Crippen molar-refractivity contribution < 1.29 is 9.18 Å². The van der Waals surface area contributed by atoms with Crippen LogP contribution in [0.15, 0.2) is 18.2 Å². The third-order valence-corrected chi connectivity index (χ3v) is 3.56. The number of aryl methyl sites for hydroxylation is 1. The van der Waals surface area contributed by atoms with Gasteiger partial charge >= 0.3 is 0 Å². The zero-order valence-electron chi connectivity index (χ0n) is 10.9. The Kier molecular flexibility index (Phi) is 3.97. The molecule has 1 aliphatic rings. The second-order valence-corrected chi connectivity index (χ2v) is 4.89. The normalized spacial score (nSPS) is 15.3. The van der Waals surface area contributed by atoms with E-state index < -0.39 is 0 Å². The summed E-state index contributed by atoms with van der Waals surface area (Å²) in [6, 6.07) is 5.33. The average molecular weight is 250 g/mol. The maximum absolute atomic E-state index is 13.4. The van der Waals surface area contributed by atoms with E-state index in [-0.39, 0.29) is 11.7 Å². The summed E-state index contributed by atoms with van der Waals surface area (Å²) in [6.07, 6.45) is 3.54. The highest BCUT2D eigenvalue weighted by Gasteiger charge is 2.19. The lowest BCUT2D eigenvalue weighted by Gasteiger charge is -2.27. The second-order valence-electron chi connectivity index (χ2n) is 4.89. The lowest BCUT2D eigenvalue weighted by molar-refractivity contribution is -0.117. The molecule has 1 amide bonds. The van der Waals surface area contributed by atoms with Crippen molar-refractivity contribution in [3.63, 3.8) is 0 Å². The van der Waals surface area contributed by atoms with E-state index in [1.54, 1.807) is 26.1 Å². The molecule has 0 heterocycles. The molecule has 18 heavy (non-hydrogen) atoms. The summed E-state index contributed by atoms with van der Waals surface area (Å²) < 4.78 is 13.4. The van der Waals surface area contributed by atoms with Gasteiger partial charge in [0, 0.05) is 18.8 Å². The Morgan fingerprint density at radius 3 is 2.78 bits per heavy atom. The molecule has 0 aromatic heterocycles. The van der Waals surface area contributed by atoms with Gasteiger partial charge in [-0.1, -0.05) is 12.5 Å². The van der Waals surface area contributed by atoms with E-state index in [4.69, 9.17) is 0 Å². The molecule has 2 rings (SSSR count). The first-order chi connectivity index (χ1) is 8.58. The van der Waals surface area contributed by atoms with Crippen molar-refractivity contribution in [2.24, 2.45) is 0 Å². The number of carbonyl (C=O) groups excluding carboxylic acids is 1. The molecule has 0 spiro atoms. The fraction of sp³-hybridized carbons (Fsp3) is 0.500. The number of halogens is 1. The zero-order chi connectivity index (χ0) is 13.1. The van der Waals surface area contributed by atoms with E-state index in [1.165, 1.54) is 17.4 Å². The van der Waals surface area contributed by atoms with E-state index in [9.17, 15) is 9.18 Å². The van der Waals surface area contributed by atoms with Crippen molar-refractivity contribution in [3.8, 4) is 0 Å². The van der Waals surface area contributed by atoms with Crippen LogP contribution in [0.4, 0.5) is 10.1 Å². The minimum Gasteiger partial charge on any atom is -0.314 e. The Morgan fingerprint density at radius 1 is 1.50 bits per heavy atom. The van der Waals surface area contributed by atoms with Crippen molar-refractivity contribution in [2.75, 3.05) is 18.5 Å². The number of nitrogens with zero attached hydrogens (tertiary/aromatic N) is 1. The SMILES string of the molecule is Cc1ccc(N(C)C(=O)CNC2CCC2)cc1F. The molecular formula is C14H19FN2O. The van der Waals surface area contributed by atoms with Gasteiger partial charge in [0.05, 0.1) is 6.54 Å². The van der Waals surface area contributed by atoms with Crippen molar-refractivity contribution in [2.45, 2.75) is 32.2 Å². The quantitative estimate of drug-likeness (QED) is 0.888. The van der Waals surface area contributed by atoms with Gasteiger partial charge in [-0.05, 0) is 37.5 Å². The van der Waals surface area contributed by atoms with Crippen LogP contribution in [0.1, 0.15) is 24.8 Å². The molecule has 1 fully saturated rings. The number of carbonyl (C=O) groups is 1. The summed E-state index contributed by atoms with van der Waals surface area (Å²) in [6.45, 7) is 2.02. The van der Waals surface area contributed by atoms with Crippen LogP contribution in [-0.4, -0.2) is 25.5 Å². The lowest BCUT2D eigenvalue weighted by Crippen LogP contribution is -2.42. The Labute approximate surface area is 107 Å². The van der Waals surface area contributed by atoms with E-state index in [0.717, 1.165) is 12.8 Å². The number of hydrogen-bond acceptors (Lipinski definition) is 2. The van der Waals surface area contributed by atoms with Crippen LogP contribution in [0.25, 0.3) is 0 Å². The third kappa shape index (κ3) is 2.88. The summed E-state index contributed by atoms with van der Waals surface area (Å²) in [7, 11) is 1.68. The van der Waals surface area contributed by atoms with Gasteiger partial charge in [-0.25, -0.2) is 4.39 Å². The first kappa shape index (κ1) is 13.0. The molecule has 1 saturated carbocycles.